The highest BCUT2D eigenvalue weighted by Gasteiger charge is 2.34. The Morgan fingerprint density at radius 3 is 2.07 bits per heavy atom. The largest absolute Gasteiger partial charge is 0.493 e. The number of anilines is 1. The van der Waals surface area contributed by atoms with E-state index in [1.807, 2.05) is 0 Å². The Labute approximate surface area is 261 Å². The van der Waals surface area contributed by atoms with Gasteiger partial charge in [-0.05, 0) is 61.9 Å². The Morgan fingerprint density at radius 2 is 1.52 bits per heavy atom. The number of hydrogen-bond acceptors (Lipinski definition) is 6. The Bertz CT molecular complexity index is 1500. The van der Waals surface area contributed by atoms with Crippen molar-refractivity contribution in [2.75, 3.05) is 31.6 Å². The first-order chi connectivity index (χ1) is 20.0. The fourth-order valence-electron chi connectivity index (χ4n) is 4.31. The van der Waals surface area contributed by atoms with Crippen LogP contribution >= 0.6 is 34.8 Å². The van der Waals surface area contributed by atoms with Crippen molar-refractivity contribution in [2.24, 2.45) is 0 Å². The average Bonchev–Trinajstić information content (AvgIpc) is 2.97. The summed E-state index contributed by atoms with van der Waals surface area (Å²) in [7, 11) is -1.53. The third kappa shape index (κ3) is 7.60. The molecule has 13 heteroatoms. The van der Waals surface area contributed by atoms with E-state index in [4.69, 9.17) is 44.3 Å². The maximum Gasteiger partial charge on any atom is 0.264 e. The van der Waals surface area contributed by atoms with Crippen molar-refractivity contribution in [3.63, 3.8) is 0 Å². The number of hydrogen-bond donors (Lipinski definition) is 1. The number of nitrogens with zero attached hydrogens (tertiary/aromatic N) is 2. The molecule has 0 saturated heterocycles. The molecule has 0 radical (unpaired) electrons. The molecule has 0 heterocycles. The lowest BCUT2D eigenvalue weighted by Crippen LogP contribution is -2.52. The first-order valence-corrected chi connectivity index (χ1v) is 15.6. The van der Waals surface area contributed by atoms with E-state index in [9.17, 15) is 18.0 Å². The van der Waals surface area contributed by atoms with E-state index in [0.717, 1.165) is 4.31 Å². The van der Waals surface area contributed by atoms with Gasteiger partial charge in [0.2, 0.25) is 11.8 Å². The van der Waals surface area contributed by atoms with Crippen LogP contribution in [0.25, 0.3) is 0 Å². The number of likely N-dealkylation sites (N-methyl/N-ethyl adjacent to an activating group) is 1. The molecule has 226 valence electrons. The molecule has 3 aromatic carbocycles. The summed E-state index contributed by atoms with van der Waals surface area (Å²) in [6, 6.07) is 14.1. The van der Waals surface area contributed by atoms with Crippen molar-refractivity contribution in [3.05, 3.63) is 81.3 Å². The minimum atomic E-state index is -4.35. The third-order valence-electron chi connectivity index (χ3n) is 6.46. The summed E-state index contributed by atoms with van der Waals surface area (Å²) >= 11 is 18.9. The summed E-state index contributed by atoms with van der Waals surface area (Å²) in [4.78, 5) is 28.4. The second-order valence-corrected chi connectivity index (χ2v) is 12.2. The van der Waals surface area contributed by atoms with E-state index in [0.29, 0.717) is 32.9 Å². The summed E-state index contributed by atoms with van der Waals surface area (Å²) in [5.74, 6) is -0.514. The lowest BCUT2D eigenvalue weighted by atomic mass is 10.1. The van der Waals surface area contributed by atoms with Gasteiger partial charge in [-0.1, -0.05) is 47.8 Å². The molecule has 1 N–H and O–H groups in total. The first-order valence-electron chi connectivity index (χ1n) is 13.0. The van der Waals surface area contributed by atoms with E-state index in [1.54, 1.807) is 32.0 Å². The quantitative estimate of drug-likeness (QED) is 0.249. The predicted molar refractivity (Wildman–Crippen MR) is 165 cm³/mol. The number of nitrogens with one attached hydrogen (secondary N) is 1. The number of sulfonamides is 1. The fraction of sp³-hybridized carbons (Fsp3) is 0.310. The zero-order valence-electron chi connectivity index (χ0n) is 23.6. The van der Waals surface area contributed by atoms with Crippen LogP contribution in [0.1, 0.15) is 25.8 Å². The van der Waals surface area contributed by atoms with E-state index in [2.05, 4.69) is 5.32 Å². The molecule has 1 atom stereocenters. The third-order valence-corrected chi connectivity index (χ3v) is 9.19. The van der Waals surface area contributed by atoms with Gasteiger partial charge >= 0.3 is 0 Å². The molecule has 0 saturated carbocycles. The van der Waals surface area contributed by atoms with Gasteiger partial charge < -0.3 is 19.7 Å². The minimum absolute atomic E-state index is 0.127. The Hall–Kier alpha value is -3.18. The molecule has 3 rings (SSSR count). The van der Waals surface area contributed by atoms with Crippen molar-refractivity contribution in [1.82, 2.24) is 10.2 Å². The lowest BCUT2D eigenvalue weighted by molar-refractivity contribution is -0.140. The van der Waals surface area contributed by atoms with Crippen molar-refractivity contribution in [1.29, 1.82) is 0 Å². The van der Waals surface area contributed by atoms with Gasteiger partial charge in [-0.15, -0.1) is 0 Å². The van der Waals surface area contributed by atoms with E-state index in [-0.39, 0.29) is 29.3 Å². The number of benzene rings is 3. The molecular formula is C29H32Cl3N3O6S. The highest BCUT2D eigenvalue weighted by Crippen LogP contribution is 2.33. The van der Waals surface area contributed by atoms with Gasteiger partial charge in [0.1, 0.15) is 12.6 Å². The molecule has 0 unspecified atom stereocenters. The zero-order chi connectivity index (χ0) is 31.0. The topological polar surface area (TPSA) is 105 Å². The van der Waals surface area contributed by atoms with Crippen molar-refractivity contribution < 1.29 is 27.5 Å². The molecule has 0 spiro atoms. The molecule has 0 aliphatic heterocycles. The van der Waals surface area contributed by atoms with Gasteiger partial charge in [-0.25, -0.2) is 8.42 Å². The smallest absolute Gasteiger partial charge is 0.264 e. The van der Waals surface area contributed by atoms with Crippen LogP contribution < -0.4 is 19.1 Å². The lowest BCUT2D eigenvalue weighted by Gasteiger charge is -2.33. The highest BCUT2D eigenvalue weighted by atomic mass is 35.5. The van der Waals surface area contributed by atoms with Crippen LogP contribution in [0.5, 0.6) is 11.5 Å². The van der Waals surface area contributed by atoms with Crippen molar-refractivity contribution in [3.8, 4) is 11.5 Å². The standard InChI is InChI=1S/C29H32Cl3N3O6S/c1-5-25(29(37)33-6-2)34(17-22-23(31)8-7-9-24(22)32)28(36)18-35(20-12-10-19(30)11-13-20)42(38,39)21-14-15-26(40-3)27(16-21)41-4/h7-16,25H,5-6,17-18H2,1-4H3,(H,33,37)/t25-/m0/s1. The SMILES string of the molecule is CCNC(=O)[C@H](CC)N(Cc1c(Cl)cccc1Cl)C(=O)CN(c1ccc(Cl)cc1)S(=O)(=O)c1ccc(OC)c(OC)c1. The molecule has 0 bridgehead atoms. The number of ether oxygens (including phenoxy) is 2. The van der Waals surface area contributed by atoms with Crippen LogP contribution in [0.4, 0.5) is 5.69 Å². The number of amides is 2. The molecule has 0 aromatic heterocycles. The normalized spacial score (nSPS) is 11.9. The van der Waals surface area contributed by atoms with Gasteiger partial charge in [0, 0.05) is 39.8 Å². The number of carbonyl (C=O) groups excluding carboxylic acids is 2. The van der Waals surface area contributed by atoms with Crippen LogP contribution in [0.2, 0.25) is 15.1 Å². The molecule has 9 nitrogen and oxygen atoms in total. The van der Waals surface area contributed by atoms with Crippen LogP contribution in [0.3, 0.4) is 0 Å². The van der Waals surface area contributed by atoms with Crippen LogP contribution in [0, 0.1) is 0 Å². The summed E-state index contributed by atoms with van der Waals surface area (Å²) in [5, 5.41) is 3.74. The highest BCUT2D eigenvalue weighted by molar-refractivity contribution is 7.92. The average molecular weight is 657 g/mol. The van der Waals surface area contributed by atoms with Crippen LogP contribution in [-0.4, -0.2) is 58.5 Å². The second kappa shape index (κ2) is 14.8. The van der Waals surface area contributed by atoms with E-state index >= 15 is 0 Å². The minimum Gasteiger partial charge on any atom is -0.493 e. The fourth-order valence-corrected chi connectivity index (χ4v) is 6.38. The monoisotopic (exact) mass is 655 g/mol. The van der Waals surface area contributed by atoms with Crippen molar-refractivity contribution >= 4 is 62.3 Å². The molecule has 0 aliphatic carbocycles. The number of halogens is 3. The first kappa shape index (κ1) is 33.3. The Kier molecular flexibility index (Phi) is 11.8. The van der Waals surface area contributed by atoms with Crippen molar-refractivity contribution in [2.45, 2.75) is 37.8 Å². The zero-order valence-corrected chi connectivity index (χ0v) is 26.6. The molecule has 0 fully saturated rings. The number of rotatable bonds is 13. The Morgan fingerprint density at radius 1 is 0.905 bits per heavy atom. The Balaban J connectivity index is 2.13. The van der Waals surface area contributed by atoms with Gasteiger partial charge in [0.05, 0.1) is 24.8 Å². The molecule has 42 heavy (non-hydrogen) atoms. The summed E-state index contributed by atoms with van der Waals surface area (Å²) < 4.78 is 39.7. The number of methoxy groups -OCH3 is 2. The second-order valence-electron chi connectivity index (χ2n) is 9.05. The van der Waals surface area contributed by atoms with E-state index in [1.165, 1.54) is 61.6 Å². The van der Waals surface area contributed by atoms with E-state index < -0.39 is 34.4 Å². The summed E-state index contributed by atoms with van der Waals surface area (Å²) in [6.45, 7) is 3.09. The predicted octanol–water partition coefficient (Wildman–Crippen LogP) is 5.80. The molecule has 0 aliphatic rings. The molecule has 2 amide bonds. The molecular weight excluding hydrogens is 625 g/mol. The number of carbonyl (C=O) groups is 2. The van der Waals surface area contributed by atoms with Gasteiger partial charge in [0.15, 0.2) is 11.5 Å². The maximum absolute atomic E-state index is 14.1. The van der Waals surface area contributed by atoms with Gasteiger partial charge in [0.25, 0.3) is 10.0 Å². The summed E-state index contributed by atoms with van der Waals surface area (Å²) in [6.07, 6.45) is 0.253. The molecule has 3 aromatic rings. The van der Waals surface area contributed by atoms with Gasteiger partial charge in [-0.2, -0.15) is 0 Å². The van der Waals surface area contributed by atoms with Crippen LogP contribution in [-0.2, 0) is 26.2 Å². The van der Waals surface area contributed by atoms with Gasteiger partial charge in [-0.3, -0.25) is 13.9 Å². The maximum atomic E-state index is 14.1. The van der Waals surface area contributed by atoms with Crippen LogP contribution in [0.15, 0.2) is 65.6 Å². The summed E-state index contributed by atoms with van der Waals surface area (Å²) in [5.41, 5.74) is 0.613.